The van der Waals surface area contributed by atoms with Crippen molar-refractivity contribution in [2.45, 2.75) is 37.8 Å². The van der Waals surface area contributed by atoms with E-state index in [-0.39, 0.29) is 11.4 Å². The molecule has 0 aliphatic carbocycles. The topological polar surface area (TPSA) is 0 Å². The fourth-order valence-corrected chi connectivity index (χ4v) is 3.85. The van der Waals surface area contributed by atoms with Gasteiger partial charge in [-0.1, -0.05) is 54.6 Å². The molecular formula is C26H25F3. The number of hydrogen-bond donors (Lipinski definition) is 0. The Bertz CT molecular complexity index is 969. The molecule has 0 amide bonds. The van der Waals surface area contributed by atoms with Crippen molar-refractivity contribution < 1.29 is 13.2 Å². The second kappa shape index (κ2) is 8.28. The molecule has 0 N–H and O–H groups in total. The van der Waals surface area contributed by atoms with Gasteiger partial charge in [0.15, 0.2) is 0 Å². The second-order valence-electron chi connectivity index (χ2n) is 7.95. The van der Waals surface area contributed by atoms with Crippen LogP contribution in [0.5, 0.6) is 0 Å². The van der Waals surface area contributed by atoms with Crippen LogP contribution in [-0.2, 0) is 17.5 Å². The zero-order valence-corrected chi connectivity index (χ0v) is 16.8. The monoisotopic (exact) mass is 394 g/mol. The standard InChI is InChI=1S/C26H25F3/c1-4-14-26(18-19-8-6-5-7-9-19,20-10-12-23(27)13-11-20)22-15-21(25(2,3)29)16-24(28)17-22/h4-13,15-17H,1,14,18H2,2-3H3/t26-/m1/s1. The lowest BCUT2D eigenvalue weighted by Crippen LogP contribution is -2.31. The number of rotatable bonds is 7. The van der Waals surface area contributed by atoms with Crippen molar-refractivity contribution in [3.8, 4) is 0 Å². The summed E-state index contributed by atoms with van der Waals surface area (Å²) in [5, 5.41) is 0. The van der Waals surface area contributed by atoms with Gasteiger partial charge < -0.3 is 0 Å². The molecule has 29 heavy (non-hydrogen) atoms. The lowest BCUT2D eigenvalue weighted by molar-refractivity contribution is 0.220. The summed E-state index contributed by atoms with van der Waals surface area (Å²) in [5.74, 6) is -0.836. The van der Waals surface area contributed by atoms with Crippen LogP contribution >= 0.6 is 0 Å². The molecule has 0 unspecified atom stereocenters. The van der Waals surface area contributed by atoms with Crippen LogP contribution in [0.15, 0.2) is 85.5 Å². The van der Waals surface area contributed by atoms with Gasteiger partial charge in [0.25, 0.3) is 0 Å². The molecule has 3 aromatic carbocycles. The Morgan fingerprint density at radius 2 is 1.41 bits per heavy atom. The van der Waals surface area contributed by atoms with Gasteiger partial charge in [-0.3, -0.25) is 0 Å². The quantitative estimate of drug-likeness (QED) is 0.370. The number of hydrogen-bond acceptors (Lipinski definition) is 0. The first-order valence-electron chi connectivity index (χ1n) is 9.66. The van der Waals surface area contributed by atoms with Gasteiger partial charge in [-0.15, -0.1) is 6.58 Å². The Hall–Kier alpha value is -2.81. The van der Waals surface area contributed by atoms with Gasteiger partial charge in [0.1, 0.15) is 17.3 Å². The maximum atomic E-state index is 14.7. The first kappa shape index (κ1) is 20.9. The average molecular weight is 394 g/mol. The third-order valence-corrected chi connectivity index (χ3v) is 5.38. The minimum absolute atomic E-state index is 0.274. The number of alkyl halides is 1. The molecule has 3 rings (SSSR count). The number of halogens is 3. The summed E-state index contributed by atoms with van der Waals surface area (Å²) in [7, 11) is 0. The van der Waals surface area contributed by atoms with Crippen molar-refractivity contribution in [3.05, 3.63) is 119 Å². The van der Waals surface area contributed by atoms with Crippen molar-refractivity contribution in [1.29, 1.82) is 0 Å². The molecule has 0 aromatic heterocycles. The van der Waals surface area contributed by atoms with Crippen LogP contribution in [0.4, 0.5) is 13.2 Å². The third-order valence-electron chi connectivity index (χ3n) is 5.38. The summed E-state index contributed by atoms with van der Waals surface area (Å²) in [6.45, 7) is 6.73. The Kier molecular flexibility index (Phi) is 5.97. The normalized spacial score (nSPS) is 13.7. The van der Waals surface area contributed by atoms with E-state index in [1.54, 1.807) is 24.3 Å². The Morgan fingerprint density at radius 1 is 0.793 bits per heavy atom. The van der Waals surface area contributed by atoms with E-state index in [9.17, 15) is 13.2 Å². The van der Waals surface area contributed by atoms with E-state index in [0.29, 0.717) is 18.4 Å². The molecule has 0 nitrogen and oxygen atoms in total. The maximum Gasteiger partial charge on any atom is 0.130 e. The Morgan fingerprint density at radius 3 is 2.00 bits per heavy atom. The van der Waals surface area contributed by atoms with Gasteiger partial charge in [0.2, 0.25) is 0 Å². The Balaban J connectivity index is 2.27. The molecule has 3 aromatic rings. The highest BCUT2D eigenvalue weighted by Gasteiger charge is 2.35. The van der Waals surface area contributed by atoms with Gasteiger partial charge in [0, 0.05) is 5.41 Å². The zero-order valence-electron chi connectivity index (χ0n) is 16.8. The first-order valence-corrected chi connectivity index (χ1v) is 9.66. The second-order valence-corrected chi connectivity index (χ2v) is 7.95. The van der Waals surface area contributed by atoms with E-state index in [2.05, 4.69) is 6.58 Å². The maximum absolute atomic E-state index is 14.7. The molecule has 0 aliphatic heterocycles. The molecule has 3 heteroatoms. The van der Waals surface area contributed by atoms with Crippen molar-refractivity contribution >= 4 is 0 Å². The Labute approximate surface area is 170 Å². The lowest BCUT2D eigenvalue weighted by atomic mass is 9.67. The van der Waals surface area contributed by atoms with Crippen LogP contribution in [0.25, 0.3) is 0 Å². The van der Waals surface area contributed by atoms with Crippen molar-refractivity contribution in [1.82, 2.24) is 0 Å². The highest BCUT2D eigenvalue weighted by atomic mass is 19.1. The van der Waals surface area contributed by atoms with E-state index in [4.69, 9.17) is 0 Å². The fourth-order valence-electron chi connectivity index (χ4n) is 3.85. The van der Waals surface area contributed by atoms with Crippen LogP contribution in [0.3, 0.4) is 0 Å². The molecular weight excluding hydrogens is 369 g/mol. The molecule has 0 aliphatic rings. The predicted octanol–water partition coefficient (Wildman–Crippen LogP) is 7.27. The summed E-state index contributed by atoms with van der Waals surface area (Å²) in [6, 6.07) is 20.5. The molecule has 1 atom stereocenters. The van der Waals surface area contributed by atoms with Crippen LogP contribution in [0.1, 0.15) is 42.5 Å². The van der Waals surface area contributed by atoms with Gasteiger partial charge >= 0.3 is 0 Å². The highest BCUT2D eigenvalue weighted by Crippen LogP contribution is 2.41. The van der Waals surface area contributed by atoms with Gasteiger partial charge in [-0.25, -0.2) is 13.2 Å². The molecule has 0 radical (unpaired) electrons. The molecule has 0 heterocycles. The van der Waals surface area contributed by atoms with Crippen LogP contribution in [0.2, 0.25) is 0 Å². The minimum atomic E-state index is -1.69. The third kappa shape index (κ3) is 4.61. The average Bonchev–Trinajstić information content (AvgIpc) is 2.68. The summed E-state index contributed by atoms with van der Waals surface area (Å²) in [5.41, 5.74) is 0.398. The van der Waals surface area contributed by atoms with Crippen molar-refractivity contribution in [2.75, 3.05) is 0 Å². The molecule has 0 spiro atoms. The van der Waals surface area contributed by atoms with Gasteiger partial charge in [0.05, 0.1) is 0 Å². The van der Waals surface area contributed by atoms with Gasteiger partial charge in [-0.05, 0) is 73.2 Å². The molecule has 150 valence electrons. The van der Waals surface area contributed by atoms with E-state index in [0.717, 1.165) is 11.1 Å². The molecule has 0 saturated heterocycles. The summed E-state index contributed by atoms with van der Waals surface area (Å²) >= 11 is 0. The van der Waals surface area contributed by atoms with Crippen LogP contribution in [-0.4, -0.2) is 0 Å². The highest BCUT2D eigenvalue weighted by molar-refractivity contribution is 5.45. The number of allylic oxidation sites excluding steroid dienone is 1. The van der Waals surface area contributed by atoms with E-state index >= 15 is 0 Å². The fraction of sp³-hybridized carbons (Fsp3) is 0.231. The molecule has 0 fully saturated rings. The van der Waals surface area contributed by atoms with E-state index in [1.165, 1.54) is 38.1 Å². The first-order chi connectivity index (χ1) is 13.7. The molecule has 0 saturated carbocycles. The van der Waals surface area contributed by atoms with Crippen LogP contribution in [0, 0.1) is 11.6 Å². The van der Waals surface area contributed by atoms with Crippen LogP contribution < -0.4 is 0 Å². The van der Waals surface area contributed by atoms with Gasteiger partial charge in [-0.2, -0.15) is 0 Å². The largest absolute Gasteiger partial charge is 0.239 e. The minimum Gasteiger partial charge on any atom is -0.239 e. The smallest absolute Gasteiger partial charge is 0.130 e. The van der Waals surface area contributed by atoms with Crippen molar-refractivity contribution in [2.24, 2.45) is 0 Å². The SMILES string of the molecule is C=CC[C@@](Cc1ccccc1)(c1ccc(F)cc1)c1cc(F)cc(C(C)(C)F)c1. The summed E-state index contributed by atoms with van der Waals surface area (Å²) < 4.78 is 42.9. The molecule has 0 bridgehead atoms. The zero-order chi connectivity index (χ0) is 21.1. The lowest BCUT2D eigenvalue weighted by Gasteiger charge is -2.36. The number of benzene rings is 3. The van der Waals surface area contributed by atoms with E-state index in [1.807, 2.05) is 30.3 Å². The summed E-state index contributed by atoms with van der Waals surface area (Å²) in [6.07, 6.45) is 2.81. The predicted molar refractivity (Wildman–Crippen MR) is 113 cm³/mol. The van der Waals surface area contributed by atoms with Crippen molar-refractivity contribution in [3.63, 3.8) is 0 Å². The summed E-state index contributed by atoms with van der Waals surface area (Å²) in [4.78, 5) is 0. The van der Waals surface area contributed by atoms with E-state index < -0.39 is 16.9 Å².